The highest BCUT2D eigenvalue weighted by Crippen LogP contribution is 2.31. The van der Waals surface area contributed by atoms with Crippen molar-refractivity contribution in [3.63, 3.8) is 0 Å². The Bertz CT molecular complexity index is 545. The Morgan fingerprint density at radius 1 is 1.14 bits per heavy atom. The number of carbonyl (C=O) groups is 2. The lowest BCUT2D eigenvalue weighted by atomic mass is 9.80. The molecule has 0 saturated carbocycles. The lowest BCUT2D eigenvalue weighted by Crippen LogP contribution is -2.40. The van der Waals surface area contributed by atoms with Gasteiger partial charge in [-0.2, -0.15) is 0 Å². The molecule has 0 aliphatic carbocycles. The molecule has 1 rings (SSSR count). The summed E-state index contributed by atoms with van der Waals surface area (Å²) in [5.41, 5.74) is -0.500. The predicted molar refractivity (Wildman–Crippen MR) is 86.4 cm³/mol. The third kappa shape index (κ3) is 4.21. The second-order valence-electron chi connectivity index (χ2n) is 4.72. The molecule has 0 radical (unpaired) electrons. The third-order valence-electron chi connectivity index (χ3n) is 3.29. The molecule has 0 heterocycles. The van der Waals surface area contributed by atoms with Gasteiger partial charge in [0.15, 0.2) is 5.41 Å². The summed E-state index contributed by atoms with van der Waals surface area (Å²) in [5.74, 6) is -1.28. The molecule has 4 nitrogen and oxygen atoms in total. The first-order valence-corrected chi connectivity index (χ1v) is 7.08. The molecular formula is C17H19ClO4. The van der Waals surface area contributed by atoms with Crippen molar-refractivity contribution < 1.29 is 19.1 Å². The van der Waals surface area contributed by atoms with Crippen molar-refractivity contribution >= 4 is 29.6 Å². The van der Waals surface area contributed by atoms with Crippen LogP contribution in [0.3, 0.4) is 0 Å². The summed E-state index contributed by atoms with van der Waals surface area (Å²) in [5, 5.41) is 0.641. The molecule has 0 bridgehead atoms. The summed E-state index contributed by atoms with van der Waals surface area (Å²) in [6.45, 7) is 3.60. The minimum atomic E-state index is -1.41. The van der Waals surface area contributed by atoms with E-state index in [1.165, 1.54) is 20.3 Å². The number of allylic oxidation sites excluding steroid dienone is 2. The minimum Gasteiger partial charge on any atom is -0.468 e. The largest absolute Gasteiger partial charge is 0.468 e. The summed E-state index contributed by atoms with van der Waals surface area (Å²) >= 11 is 5.82. The number of benzene rings is 1. The minimum absolute atomic E-state index is 0.136. The van der Waals surface area contributed by atoms with Gasteiger partial charge in [0.25, 0.3) is 0 Å². The van der Waals surface area contributed by atoms with Crippen molar-refractivity contribution in [3.05, 3.63) is 53.6 Å². The van der Waals surface area contributed by atoms with E-state index in [1.807, 2.05) is 12.1 Å². The summed E-state index contributed by atoms with van der Waals surface area (Å²) in [6, 6.07) is 7.20. The van der Waals surface area contributed by atoms with Crippen molar-refractivity contribution in [1.82, 2.24) is 0 Å². The standard InChI is InChI=1S/C17H19ClO4/c1-4-11-17(15(19)21-2,16(20)22-3)12-5-6-13-7-9-14(18)10-8-13/h4-10H,1,11-12H2,2-3H3/b6-5+. The van der Waals surface area contributed by atoms with Crippen molar-refractivity contribution in [2.24, 2.45) is 5.41 Å². The van der Waals surface area contributed by atoms with Crippen LogP contribution in [-0.2, 0) is 19.1 Å². The number of halogens is 1. The first-order valence-electron chi connectivity index (χ1n) is 6.70. The Morgan fingerprint density at radius 3 is 2.14 bits per heavy atom. The van der Waals surface area contributed by atoms with Gasteiger partial charge in [-0.05, 0) is 30.5 Å². The lowest BCUT2D eigenvalue weighted by molar-refractivity contribution is -0.168. The molecule has 0 aliphatic heterocycles. The second kappa shape index (κ2) is 8.39. The maximum Gasteiger partial charge on any atom is 0.323 e. The predicted octanol–water partition coefficient (Wildman–Crippen LogP) is 3.65. The van der Waals surface area contributed by atoms with Crippen molar-refractivity contribution in [1.29, 1.82) is 0 Å². The van der Waals surface area contributed by atoms with Crippen LogP contribution in [0.15, 0.2) is 43.0 Å². The van der Waals surface area contributed by atoms with Crippen molar-refractivity contribution in [2.75, 3.05) is 14.2 Å². The van der Waals surface area contributed by atoms with E-state index in [4.69, 9.17) is 21.1 Å². The van der Waals surface area contributed by atoms with Gasteiger partial charge in [0, 0.05) is 5.02 Å². The van der Waals surface area contributed by atoms with Gasteiger partial charge < -0.3 is 9.47 Å². The number of hydrogen-bond donors (Lipinski definition) is 0. The van der Waals surface area contributed by atoms with E-state index in [-0.39, 0.29) is 12.8 Å². The van der Waals surface area contributed by atoms with E-state index in [1.54, 1.807) is 24.3 Å². The number of carbonyl (C=O) groups excluding carboxylic acids is 2. The summed E-state index contributed by atoms with van der Waals surface area (Å²) in [7, 11) is 2.48. The fourth-order valence-corrected chi connectivity index (χ4v) is 2.23. The molecule has 0 amide bonds. The highest BCUT2D eigenvalue weighted by molar-refractivity contribution is 6.30. The lowest BCUT2D eigenvalue weighted by Gasteiger charge is -2.25. The summed E-state index contributed by atoms with van der Waals surface area (Å²) in [6.07, 6.45) is 5.34. The second-order valence-corrected chi connectivity index (χ2v) is 5.15. The summed E-state index contributed by atoms with van der Waals surface area (Å²) < 4.78 is 9.54. The fraction of sp³-hybridized carbons (Fsp3) is 0.294. The van der Waals surface area contributed by atoms with Gasteiger partial charge in [0.2, 0.25) is 0 Å². The third-order valence-corrected chi connectivity index (χ3v) is 3.54. The van der Waals surface area contributed by atoms with Crippen LogP contribution in [-0.4, -0.2) is 26.2 Å². The fourth-order valence-electron chi connectivity index (χ4n) is 2.11. The molecule has 1 aromatic carbocycles. The van der Waals surface area contributed by atoms with Gasteiger partial charge >= 0.3 is 11.9 Å². The molecule has 0 unspecified atom stereocenters. The molecule has 5 heteroatoms. The molecule has 22 heavy (non-hydrogen) atoms. The first kappa shape index (κ1) is 18.0. The molecule has 0 spiro atoms. The zero-order chi connectivity index (χ0) is 16.6. The molecule has 0 fully saturated rings. The quantitative estimate of drug-likeness (QED) is 0.437. The average molecular weight is 323 g/mol. The Kier molecular flexibility index (Phi) is 6.86. The Balaban J connectivity index is 3.01. The van der Waals surface area contributed by atoms with Crippen LogP contribution in [0.2, 0.25) is 5.02 Å². The van der Waals surface area contributed by atoms with E-state index in [2.05, 4.69) is 6.58 Å². The maximum atomic E-state index is 12.1. The number of methoxy groups -OCH3 is 2. The number of ether oxygens (including phenoxy) is 2. The van der Waals surface area contributed by atoms with E-state index in [0.29, 0.717) is 5.02 Å². The van der Waals surface area contributed by atoms with E-state index in [0.717, 1.165) is 5.56 Å². The van der Waals surface area contributed by atoms with Crippen LogP contribution in [0.1, 0.15) is 18.4 Å². The van der Waals surface area contributed by atoms with Crippen LogP contribution in [0.5, 0.6) is 0 Å². The van der Waals surface area contributed by atoms with Crippen LogP contribution in [0.4, 0.5) is 0 Å². The molecule has 1 aromatic rings. The van der Waals surface area contributed by atoms with Crippen molar-refractivity contribution in [3.8, 4) is 0 Å². The smallest absolute Gasteiger partial charge is 0.323 e. The Labute approximate surface area is 135 Å². The average Bonchev–Trinajstić information content (AvgIpc) is 2.54. The van der Waals surface area contributed by atoms with Gasteiger partial charge in [-0.25, -0.2) is 0 Å². The normalized spacial score (nSPS) is 11.2. The van der Waals surface area contributed by atoms with Gasteiger partial charge in [0.05, 0.1) is 14.2 Å². The first-order chi connectivity index (χ1) is 10.5. The van der Waals surface area contributed by atoms with Gasteiger partial charge in [-0.1, -0.05) is 42.0 Å². The highest BCUT2D eigenvalue weighted by Gasteiger charge is 2.46. The number of rotatable bonds is 7. The molecule has 0 atom stereocenters. The SMILES string of the molecule is C=CCC(C/C=C/c1ccc(Cl)cc1)(C(=O)OC)C(=O)OC. The zero-order valence-electron chi connectivity index (χ0n) is 12.7. The van der Waals surface area contributed by atoms with E-state index >= 15 is 0 Å². The molecule has 0 aliphatic rings. The Morgan fingerprint density at radius 2 is 1.68 bits per heavy atom. The van der Waals surface area contributed by atoms with Crippen LogP contribution >= 0.6 is 11.6 Å². The van der Waals surface area contributed by atoms with Gasteiger partial charge in [-0.3, -0.25) is 9.59 Å². The van der Waals surface area contributed by atoms with E-state index in [9.17, 15) is 9.59 Å². The number of hydrogen-bond acceptors (Lipinski definition) is 4. The Hall–Kier alpha value is -2.07. The van der Waals surface area contributed by atoms with Crippen LogP contribution < -0.4 is 0 Å². The molecule has 0 saturated heterocycles. The molecule has 118 valence electrons. The monoisotopic (exact) mass is 322 g/mol. The van der Waals surface area contributed by atoms with E-state index < -0.39 is 17.4 Å². The van der Waals surface area contributed by atoms with Crippen LogP contribution in [0.25, 0.3) is 6.08 Å². The number of esters is 2. The van der Waals surface area contributed by atoms with Gasteiger partial charge in [-0.15, -0.1) is 6.58 Å². The maximum absolute atomic E-state index is 12.1. The molecule has 0 aromatic heterocycles. The van der Waals surface area contributed by atoms with Gasteiger partial charge in [0.1, 0.15) is 0 Å². The molecular weight excluding hydrogens is 304 g/mol. The van der Waals surface area contributed by atoms with Crippen LogP contribution in [0, 0.1) is 5.41 Å². The highest BCUT2D eigenvalue weighted by atomic mass is 35.5. The topological polar surface area (TPSA) is 52.6 Å². The van der Waals surface area contributed by atoms with Crippen molar-refractivity contribution in [2.45, 2.75) is 12.8 Å². The summed E-state index contributed by atoms with van der Waals surface area (Å²) in [4.78, 5) is 24.2. The molecule has 0 N–H and O–H groups in total. The zero-order valence-corrected chi connectivity index (χ0v) is 13.4.